The number of nitrogens with zero attached hydrogens (tertiary/aromatic N) is 19. The number of nitro benzene ring substituents is 4. The van der Waals surface area contributed by atoms with E-state index in [0.717, 1.165) is 76.1 Å². The number of likely N-dealkylation sites (tertiary alicyclic amines) is 3. The number of nitro groups is 4. The van der Waals surface area contributed by atoms with E-state index in [1.807, 2.05) is 44.7 Å². The molecule has 14 rings (SSSR count). The van der Waals surface area contributed by atoms with Crippen molar-refractivity contribution >= 4 is 151 Å². The van der Waals surface area contributed by atoms with Crippen LogP contribution in [0, 0.1) is 52.1 Å². The van der Waals surface area contributed by atoms with Gasteiger partial charge in [0.25, 0.3) is 11.4 Å². The van der Waals surface area contributed by atoms with Crippen LogP contribution in [0.5, 0.6) is 46.5 Å². The van der Waals surface area contributed by atoms with Gasteiger partial charge in [0.1, 0.15) is 95.7 Å². The molecule has 0 unspecified atom stereocenters. The minimum Gasteiger partial charge on any atom is -0.494 e. The number of hydrogen-bond donors (Lipinski definition) is 5. The molecule has 53 heteroatoms. The number of benzene rings is 4. The smallest absolute Gasteiger partial charge is 0.410 e. The largest absolute Gasteiger partial charge is 0.494 e. The summed E-state index contributed by atoms with van der Waals surface area (Å²) in [6.07, 6.45) is 7.07. The third-order valence-corrected chi connectivity index (χ3v) is 22.2. The number of aromatic nitrogens is 8. The molecule has 8 aromatic rings. The lowest BCUT2D eigenvalue weighted by Crippen LogP contribution is -2.57. The predicted octanol–water partition coefficient (Wildman–Crippen LogP) is 15.0. The number of methoxy groups -OCH3 is 4. The molecule has 0 aliphatic carbocycles. The minimum absolute atomic E-state index is 0.00297. The monoisotopic (exact) mass is 2030 g/mol. The second-order valence-electron chi connectivity index (χ2n) is 35.0. The number of ether oxygens (including phenoxy) is 11. The summed E-state index contributed by atoms with van der Waals surface area (Å²) in [5, 5.41) is 58.1. The maximum absolute atomic E-state index is 13.8. The van der Waals surface area contributed by atoms with E-state index < -0.39 is 66.8 Å². The van der Waals surface area contributed by atoms with Crippen LogP contribution in [0.3, 0.4) is 0 Å². The topological polar surface area (TPSA) is 525 Å². The Morgan fingerprint density at radius 1 is 0.428 bits per heavy atom. The SMILES string of the molecule is CC(C)(C)OC(=O)N1CC(Oc2nc(Cl)ncc2Cl)C1.COc1cc(F)c([N+](=O)[O-])cc1N.COc1cc(F)c([N+](=O)[O-])cc1Nc1ncc(Cl)c(OC2CN(C(=O)OC(C)(C)C)C2)n1.COc1cc(N2CCC(N(C)C)CC2)c([N+](=O)[O-])cc1Nc1ncc(Cl)c(OC2CN(C(=O)OC(C)(C)C)C2)n1.COc1cc(N2CCC(N(C)C)CC2)c([N+](=O)[O-])cc1Nc1ncc(Cl)c(OC2CNC2)n1. The molecule has 748 valence electrons. The van der Waals surface area contributed by atoms with Gasteiger partial charge in [0.05, 0.1) is 135 Å². The molecule has 0 saturated carbocycles. The van der Waals surface area contributed by atoms with Gasteiger partial charge in [0.2, 0.25) is 58.3 Å². The number of nitrogens with one attached hydrogen (secondary N) is 4. The van der Waals surface area contributed by atoms with Crippen molar-refractivity contribution in [2.45, 2.75) is 141 Å². The molecule has 0 bridgehead atoms. The number of amides is 3. The van der Waals surface area contributed by atoms with Gasteiger partial charge in [-0.3, -0.25) is 40.5 Å². The number of nitrogen functional groups attached to an aromatic ring is 1. The molecule has 6 fully saturated rings. The summed E-state index contributed by atoms with van der Waals surface area (Å²) >= 11 is 30.1. The molecule has 138 heavy (non-hydrogen) atoms. The van der Waals surface area contributed by atoms with Gasteiger partial charge in [-0.25, -0.2) is 34.3 Å². The zero-order valence-corrected chi connectivity index (χ0v) is 82.2. The highest BCUT2D eigenvalue weighted by atomic mass is 35.5. The van der Waals surface area contributed by atoms with E-state index in [0.29, 0.717) is 90.6 Å². The Bertz CT molecular complexity index is 5680. The number of anilines is 9. The van der Waals surface area contributed by atoms with E-state index in [4.69, 9.17) is 111 Å². The van der Waals surface area contributed by atoms with Crippen LogP contribution in [0.1, 0.15) is 88.0 Å². The molecule has 6 N–H and O–H groups in total. The van der Waals surface area contributed by atoms with E-state index in [1.54, 1.807) is 58.6 Å². The fourth-order valence-electron chi connectivity index (χ4n) is 13.7. The fraction of sp³-hybridized carbons (Fsp3) is 0.494. The van der Waals surface area contributed by atoms with E-state index in [2.05, 4.69) is 89.8 Å². The second kappa shape index (κ2) is 46.9. The van der Waals surface area contributed by atoms with Crippen molar-refractivity contribution in [1.82, 2.24) is 69.7 Å². The minimum atomic E-state index is -1.04. The van der Waals surface area contributed by atoms with Crippen LogP contribution in [0.25, 0.3) is 0 Å². The van der Waals surface area contributed by atoms with Crippen molar-refractivity contribution in [3.8, 4) is 46.5 Å². The first-order chi connectivity index (χ1) is 65.0. The molecule has 4 aromatic heterocycles. The van der Waals surface area contributed by atoms with Crippen LogP contribution < -0.4 is 74.7 Å². The van der Waals surface area contributed by atoms with Crippen molar-refractivity contribution in [2.24, 2.45) is 0 Å². The van der Waals surface area contributed by atoms with Gasteiger partial charge in [-0.15, -0.1) is 0 Å². The van der Waals surface area contributed by atoms with Gasteiger partial charge in [0, 0.05) is 99.9 Å². The molecular formula is C85H107Cl5F2N24O22. The van der Waals surface area contributed by atoms with Gasteiger partial charge in [-0.05, 0) is 128 Å². The van der Waals surface area contributed by atoms with Gasteiger partial charge < -0.3 is 113 Å². The Morgan fingerprint density at radius 2 is 0.710 bits per heavy atom. The molecule has 6 aliphatic rings. The van der Waals surface area contributed by atoms with Crippen LogP contribution in [0.2, 0.25) is 25.4 Å². The third kappa shape index (κ3) is 29.8. The molecule has 6 aliphatic heterocycles. The van der Waals surface area contributed by atoms with Gasteiger partial charge in [-0.1, -0.05) is 46.4 Å². The summed E-state index contributed by atoms with van der Waals surface area (Å²) in [6.45, 7) is 22.6. The van der Waals surface area contributed by atoms with Crippen molar-refractivity contribution < 1.29 is 95.0 Å². The fourth-order valence-corrected chi connectivity index (χ4v) is 14.4. The number of nitrogens with two attached hydrogens (primary N) is 1. The van der Waals surface area contributed by atoms with Crippen LogP contribution in [0.15, 0.2) is 73.3 Å². The summed E-state index contributed by atoms with van der Waals surface area (Å²) in [5.74, 6) is -0.0720. The maximum Gasteiger partial charge on any atom is 0.410 e. The quantitative estimate of drug-likeness (QED) is 0.0110. The molecular weight excluding hydrogens is 1920 g/mol. The highest BCUT2D eigenvalue weighted by Crippen LogP contribution is 2.45. The number of carbonyl (C=O) groups is 3. The van der Waals surface area contributed by atoms with Crippen LogP contribution in [0.4, 0.5) is 97.9 Å². The summed E-state index contributed by atoms with van der Waals surface area (Å²) in [6, 6.07) is 10.8. The van der Waals surface area contributed by atoms with E-state index >= 15 is 0 Å². The zero-order valence-electron chi connectivity index (χ0n) is 78.4. The average Bonchev–Trinajstić information content (AvgIpc) is 0.783. The van der Waals surface area contributed by atoms with E-state index in [9.17, 15) is 63.6 Å². The Labute approximate surface area is 816 Å². The van der Waals surface area contributed by atoms with Gasteiger partial charge >= 0.3 is 29.7 Å². The zero-order chi connectivity index (χ0) is 101. The normalized spacial score (nSPS) is 15.3. The highest BCUT2D eigenvalue weighted by Gasteiger charge is 2.41. The lowest BCUT2D eigenvalue weighted by atomic mass is 10.0. The number of halogens is 7. The van der Waals surface area contributed by atoms with Crippen molar-refractivity contribution in [1.29, 1.82) is 0 Å². The van der Waals surface area contributed by atoms with E-state index in [1.165, 1.54) is 75.2 Å². The summed E-state index contributed by atoms with van der Waals surface area (Å²) in [5.41, 5.74) is 4.07. The van der Waals surface area contributed by atoms with Crippen LogP contribution in [-0.4, -0.2) is 291 Å². The summed E-state index contributed by atoms with van der Waals surface area (Å²) in [4.78, 5) is 125. The lowest BCUT2D eigenvalue weighted by molar-refractivity contribution is -0.387. The predicted molar refractivity (Wildman–Crippen MR) is 508 cm³/mol. The van der Waals surface area contributed by atoms with Crippen LogP contribution in [-0.2, 0) is 14.2 Å². The number of hydrogen-bond acceptors (Lipinski definition) is 39. The lowest BCUT2D eigenvalue weighted by Gasteiger charge is -2.39. The first kappa shape index (κ1) is 107. The number of rotatable bonds is 26. The van der Waals surface area contributed by atoms with Crippen LogP contribution >= 0.6 is 58.0 Å². The Morgan fingerprint density at radius 3 is 1.00 bits per heavy atom. The second-order valence-corrected chi connectivity index (χ2v) is 37.0. The Balaban J connectivity index is 0.000000185. The van der Waals surface area contributed by atoms with Crippen molar-refractivity contribution in [3.63, 3.8) is 0 Å². The molecule has 3 amide bonds. The van der Waals surface area contributed by atoms with Gasteiger partial charge in [-0.2, -0.15) is 28.7 Å². The van der Waals surface area contributed by atoms with Gasteiger partial charge in [0.15, 0.2) is 0 Å². The number of carbonyl (C=O) groups excluding carboxylic acids is 3. The summed E-state index contributed by atoms with van der Waals surface area (Å²) in [7, 11) is 13.8. The summed E-state index contributed by atoms with van der Waals surface area (Å²) < 4.78 is 86.4. The molecule has 0 radical (unpaired) electrons. The van der Waals surface area contributed by atoms with E-state index in [-0.39, 0.29) is 144 Å². The van der Waals surface area contributed by atoms with Crippen molar-refractivity contribution in [3.05, 3.63) is 151 Å². The highest BCUT2D eigenvalue weighted by molar-refractivity contribution is 6.33. The standard InChI is InChI=1S/C26H36ClN7O6.C21H28ClN7O4.C19H21ClFN5O6.C12H15Cl2N3O3.C7H7FN2O3/c1-26(2,3)40-25(35)33-14-17(15-33)39-23-18(27)13-28-24(30-23)29-19-11-21(34(36)37)20(12-22(19)38-6)32-9-7-16(8-10-32)31(4)5;1-27(2)13-4-6-28(7-5-13)17-9-19(32-3)16(8-18(17)29(30)31)25-21-24-12-15(22)20(26-21)33-14-10-23-11-14;1-19(2,3)32-18(27)25-8-10(9-25)31-16-11(20)7-22-17(24-16)23-13-6-14(26(28)29)12(21)5-15(13)30-4;1-12(2,3)20-11(18)17-5-7(6-17)19-9-8(13)4-15-10(14)16-9;1-13-7-2-4(8)6(10(11)12)3-5(7)9/h11-13,16-17H,7-10,14-15H2,1-6H3,(H,28,29,30);8-9,12-14,23H,4-7,10-11H2,1-3H3,(H,24,25,26);5-7,10H,8-9H2,1-4H3,(H,22,23,24);4,7H,5-6H2,1-3H3;2-3H,9H2,1H3. The first-order valence-electron chi connectivity index (χ1n) is 42.7. The Kier molecular flexibility index (Phi) is 36.4. The third-order valence-electron chi connectivity index (χ3n) is 20.9. The molecule has 6 saturated heterocycles. The molecule has 10 heterocycles. The molecule has 4 aromatic carbocycles. The molecule has 0 atom stereocenters. The Hall–Kier alpha value is -13.0. The molecule has 46 nitrogen and oxygen atoms in total. The average molecular weight is 2030 g/mol. The van der Waals surface area contributed by atoms with Crippen molar-refractivity contribution in [2.75, 3.05) is 167 Å². The molecule has 0 spiro atoms. The first-order valence-corrected chi connectivity index (χ1v) is 44.6. The maximum atomic E-state index is 13.8. The number of piperidine rings is 2.